The Kier molecular flexibility index (Phi) is 28.8. The molecule has 0 aromatic heterocycles. The Morgan fingerprint density at radius 1 is 0.442 bits per heavy atom. The van der Waals surface area contributed by atoms with Crippen molar-refractivity contribution in [3.8, 4) is 0 Å². The number of carboxylic acids is 3. The summed E-state index contributed by atoms with van der Waals surface area (Å²) in [4.78, 5) is 33.0. The van der Waals surface area contributed by atoms with Gasteiger partial charge in [-0.3, -0.25) is 14.4 Å². The summed E-state index contributed by atoms with van der Waals surface area (Å²) in [7, 11) is 0. The summed E-state index contributed by atoms with van der Waals surface area (Å²) >= 11 is 0. The monoisotopic (exact) mass is 611 g/mol. The summed E-state index contributed by atoms with van der Waals surface area (Å²) < 4.78 is 0.786. The van der Waals surface area contributed by atoms with E-state index in [0.717, 1.165) is 56.3 Å². The van der Waals surface area contributed by atoms with Crippen LogP contribution in [0.3, 0.4) is 0 Å². The van der Waals surface area contributed by atoms with Crippen LogP contribution in [0.5, 0.6) is 0 Å². The third kappa shape index (κ3) is 29.9. The van der Waals surface area contributed by atoms with E-state index in [1.165, 1.54) is 103 Å². The lowest BCUT2D eigenvalue weighted by Gasteiger charge is -2.38. The molecular weight excluding hydrogens is 542 g/mol. The van der Waals surface area contributed by atoms with Crippen LogP contribution in [0.2, 0.25) is 0 Å². The van der Waals surface area contributed by atoms with Crippen LogP contribution in [-0.2, 0) is 14.4 Å². The Labute approximate surface area is 264 Å². The van der Waals surface area contributed by atoms with Gasteiger partial charge in [-0.05, 0) is 57.4 Å². The second kappa shape index (κ2) is 30.1. The van der Waals surface area contributed by atoms with Crippen molar-refractivity contribution in [2.75, 3.05) is 26.2 Å². The van der Waals surface area contributed by atoms with Crippen LogP contribution in [-0.4, -0.2) is 63.9 Å². The summed E-state index contributed by atoms with van der Waals surface area (Å²) in [6.45, 7) is 5.65. The molecule has 7 nitrogen and oxygen atoms in total. The highest BCUT2D eigenvalue weighted by Gasteiger charge is 2.25. The van der Waals surface area contributed by atoms with Gasteiger partial charge in [0.1, 0.15) is 0 Å². The smallest absolute Gasteiger partial charge is 0.303 e. The number of quaternary nitrogens is 1. The predicted octanol–water partition coefficient (Wildman–Crippen LogP) is 9.78. The summed E-state index contributed by atoms with van der Waals surface area (Å²) in [6, 6.07) is 0. The van der Waals surface area contributed by atoms with Gasteiger partial charge in [0.2, 0.25) is 0 Å². The summed E-state index contributed by atoms with van der Waals surface area (Å²) in [5, 5.41) is 27.1. The summed E-state index contributed by atoms with van der Waals surface area (Å²) in [6.07, 6.45) is 32.3. The molecule has 7 heteroatoms. The van der Waals surface area contributed by atoms with Gasteiger partial charge < -0.3 is 19.8 Å². The van der Waals surface area contributed by atoms with E-state index in [2.05, 4.69) is 19.1 Å². The number of allylic oxidation sites excluding steroid dienone is 1. The predicted molar refractivity (Wildman–Crippen MR) is 177 cm³/mol. The number of carbonyl (C=O) groups is 3. The van der Waals surface area contributed by atoms with Gasteiger partial charge in [0.15, 0.2) is 0 Å². The third-order valence-corrected chi connectivity index (χ3v) is 8.70. The molecule has 0 aliphatic rings. The van der Waals surface area contributed by atoms with Crippen molar-refractivity contribution in [1.29, 1.82) is 0 Å². The van der Waals surface area contributed by atoms with Crippen molar-refractivity contribution in [3.63, 3.8) is 0 Å². The molecule has 0 saturated carbocycles. The zero-order chi connectivity index (χ0) is 31.9. The zero-order valence-corrected chi connectivity index (χ0v) is 27.9. The molecular formula is C36H68NO6+. The molecule has 0 radical (unpaired) electrons. The van der Waals surface area contributed by atoms with Crippen molar-refractivity contribution in [2.45, 2.75) is 174 Å². The van der Waals surface area contributed by atoms with Crippen LogP contribution in [0, 0.1) is 0 Å². The van der Waals surface area contributed by atoms with Crippen molar-refractivity contribution in [2.24, 2.45) is 0 Å². The van der Waals surface area contributed by atoms with E-state index in [0.29, 0.717) is 19.3 Å². The fraction of sp³-hybridized carbons (Fsp3) is 0.861. The second-order valence-electron chi connectivity index (χ2n) is 12.8. The molecule has 0 rings (SSSR count). The Hall–Kier alpha value is -1.89. The van der Waals surface area contributed by atoms with Gasteiger partial charge in [0.25, 0.3) is 0 Å². The van der Waals surface area contributed by atoms with Gasteiger partial charge >= 0.3 is 17.9 Å². The fourth-order valence-corrected chi connectivity index (χ4v) is 6.01. The fourth-order valence-electron chi connectivity index (χ4n) is 6.01. The summed E-state index contributed by atoms with van der Waals surface area (Å²) in [5.74, 6) is -2.33. The van der Waals surface area contributed by atoms with Crippen LogP contribution < -0.4 is 0 Å². The van der Waals surface area contributed by atoms with Crippen LogP contribution >= 0.6 is 0 Å². The maximum Gasteiger partial charge on any atom is 0.303 e. The molecule has 0 aliphatic heterocycles. The van der Waals surface area contributed by atoms with E-state index in [4.69, 9.17) is 15.3 Å². The van der Waals surface area contributed by atoms with Gasteiger partial charge in [-0.2, -0.15) is 0 Å². The number of rotatable bonds is 34. The average molecular weight is 611 g/mol. The maximum atomic E-state index is 11.0. The molecule has 0 atom stereocenters. The molecule has 252 valence electrons. The van der Waals surface area contributed by atoms with Gasteiger partial charge in [-0.1, -0.05) is 109 Å². The number of hydrogen-bond donors (Lipinski definition) is 3. The average Bonchev–Trinajstić information content (AvgIpc) is 2.96. The largest absolute Gasteiger partial charge is 0.481 e. The third-order valence-electron chi connectivity index (χ3n) is 8.70. The van der Waals surface area contributed by atoms with Crippen LogP contribution in [0.1, 0.15) is 174 Å². The minimum atomic E-state index is -0.778. The summed E-state index contributed by atoms with van der Waals surface area (Å²) in [5.41, 5.74) is 0. The maximum absolute atomic E-state index is 11.0. The standard InChI is InChI=1S/C36H67NO6/c1-2-3-4-5-6-7-8-9-10-11-12-13-14-15-16-17-18-19-23-30-37(31-24-20-27-34(38)39,32-25-21-28-35(40)41)33-26-22-29-36(42)43/h19,23H,2-18,20-22,24-33H2,1H3,(H2-,38,39,40,41,42,43)/p+1/b23-19+. The van der Waals surface area contributed by atoms with Crippen LogP contribution in [0.15, 0.2) is 12.2 Å². The molecule has 43 heavy (non-hydrogen) atoms. The lowest BCUT2D eigenvalue weighted by Crippen LogP contribution is -2.50. The molecule has 0 fully saturated rings. The van der Waals surface area contributed by atoms with Crippen molar-refractivity contribution >= 4 is 17.9 Å². The van der Waals surface area contributed by atoms with E-state index in [9.17, 15) is 14.4 Å². The van der Waals surface area contributed by atoms with Gasteiger partial charge in [-0.15, -0.1) is 0 Å². The highest BCUT2D eigenvalue weighted by Crippen LogP contribution is 2.18. The first-order valence-corrected chi connectivity index (χ1v) is 18.0. The first-order valence-electron chi connectivity index (χ1n) is 18.0. The van der Waals surface area contributed by atoms with Crippen LogP contribution in [0.25, 0.3) is 0 Å². The quantitative estimate of drug-likeness (QED) is 0.0380. The molecule has 3 N–H and O–H groups in total. The lowest BCUT2D eigenvalue weighted by atomic mass is 10.0. The molecule has 0 aromatic rings. The molecule has 0 saturated heterocycles. The van der Waals surface area contributed by atoms with E-state index < -0.39 is 17.9 Å². The topological polar surface area (TPSA) is 112 Å². The van der Waals surface area contributed by atoms with E-state index in [-0.39, 0.29) is 19.3 Å². The number of unbranched alkanes of at least 4 members (excludes halogenated alkanes) is 19. The highest BCUT2D eigenvalue weighted by atomic mass is 16.4. The van der Waals surface area contributed by atoms with E-state index in [1.807, 2.05) is 0 Å². The molecule has 0 aromatic carbocycles. The van der Waals surface area contributed by atoms with Gasteiger partial charge in [-0.25, -0.2) is 0 Å². The Morgan fingerprint density at radius 3 is 1.09 bits per heavy atom. The number of aliphatic carboxylic acids is 3. The van der Waals surface area contributed by atoms with E-state index >= 15 is 0 Å². The number of hydrogen-bond acceptors (Lipinski definition) is 3. The molecule has 0 amide bonds. The van der Waals surface area contributed by atoms with Gasteiger partial charge in [0, 0.05) is 19.3 Å². The molecule has 0 heterocycles. The van der Waals surface area contributed by atoms with Crippen molar-refractivity contribution in [3.05, 3.63) is 12.2 Å². The number of nitrogens with zero attached hydrogens (tertiary/aromatic N) is 1. The lowest BCUT2D eigenvalue weighted by molar-refractivity contribution is -0.923. The SMILES string of the molecule is CCCCCCCCCCCCCCCCCC/C=C/C[N+](CCCCC(=O)O)(CCCCC(=O)O)CCCCC(=O)O. The Bertz CT molecular complexity index is 653. The number of carboxylic acid groups (broad SMARTS) is 3. The molecule has 0 unspecified atom stereocenters. The normalized spacial score (nSPS) is 11.8. The van der Waals surface area contributed by atoms with Crippen molar-refractivity contribution in [1.82, 2.24) is 0 Å². The van der Waals surface area contributed by atoms with Gasteiger partial charge in [0.05, 0.1) is 26.2 Å². The molecule has 0 bridgehead atoms. The Balaban J connectivity index is 4.35. The second-order valence-corrected chi connectivity index (χ2v) is 12.8. The molecule has 0 spiro atoms. The van der Waals surface area contributed by atoms with E-state index in [1.54, 1.807) is 0 Å². The zero-order valence-electron chi connectivity index (χ0n) is 27.9. The molecule has 0 aliphatic carbocycles. The minimum absolute atomic E-state index is 0.160. The minimum Gasteiger partial charge on any atom is -0.481 e. The van der Waals surface area contributed by atoms with Crippen molar-refractivity contribution < 1.29 is 34.2 Å². The Morgan fingerprint density at radius 2 is 0.767 bits per heavy atom. The first-order chi connectivity index (χ1) is 20.8. The van der Waals surface area contributed by atoms with Crippen LogP contribution in [0.4, 0.5) is 0 Å². The first kappa shape index (κ1) is 41.1. The highest BCUT2D eigenvalue weighted by molar-refractivity contribution is 5.67.